The number of halogens is 1. The summed E-state index contributed by atoms with van der Waals surface area (Å²) in [7, 11) is 0. The van der Waals surface area contributed by atoms with Gasteiger partial charge in [-0.2, -0.15) is 0 Å². The number of ether oxygens (including phenoxy) is 1. The number of anilines is 1. The largest absolute Gasteiger partial charge is 0.494 e. The number of hydrogen-bond donors (Lipinski definition) is 0. The second kappa shape index (κ2) is 8.09. The van der Waals surface area contributed by atoms with Crippen LogP contribution in [0, 0.1) is 0 Å². The first-order chi connectivity index (χ1) is 15.6. The third-order valence-electron chi connectivity index (χ3n) is 5.27. The van der Waals surface area contributed by atoms with Gasteiger partial charge in [0.2, 0.25) is 11.7 Å². The number of fused-ring (bicyclic) bond motifs is 2. The summed E-state index contributed by atoms with van der Waals surface area (Å²) >= 11 is 6.12. The number of carbonyl (C=O) groups excluding carboxylic acids is 1. The molecule has 2 aromatic carbocycles. The second-order valence-corrected chi connectivity index (χ2v) is 7.79. The number of amides is 1. The molecule has 7 nitrogen and oxygen atoms in total. The minimum Gasteiger partial charge on any atom is -0.494 e. The van der Waals surface area contributed by atoms with Crippen LogP contribution in [-0.4, -0.2) is 22.5 Å². The molecule has 3 heterocycles. The lowest BCUT2D eigenvalue weighted by atomic mass is 9.98. The van der Waals surface area contributed by atoms with E-state index in [0.29, 0.717) is 33.9 Å². The van der Waals surface area contributed by atoms with Crippen LogP contribution >= 0.6 is 11.6 Å². The monoisotopic (exact) mass is 447 g/mol. The van der Waals surface area contributed by atoms with Crippen LogP contribution in [0.4, 0.5) is 5.95 Å². The van der Waals surface area contributed by atoms with Crippen LogP contribution in [-0.2, 0) is 0 Å². The van der Waals surface area contributed by atoms with Crippen LogP contribution in [0.25, 0.3) is 11.0 Å². The predicted octanol–water partition coefficient (Wildman–Crippen LogP) is 4.78. The molecule has 1 atom stereocenters. The fourth-order valence-corrected chi connectivity index (χ4v) is 4.02. The van der Waals surface area contributed by atoms with Gasteiger partial charge in [0.25, 0.3) is 5.91 Å². The molecule has 0 N–H and O–H groups in total. The van der Waals surface area contributed by atoms with Crippen LogP contribution in [0.2, 0.25) is 5.02 Å². The summed E-state index contributed by atoms with van der Waals surface area (Å²) in [5.41, 5.74) is 0.928. The van der Waals surface area contributed by atoms with E-state index in [-0.39, 0.29) is 22.7 Å². The number of rotatable bonds is 5. The molecule has 2 aromatic heterocycles. The lowest BCUT2D eigenvalue weighted by molar-refractivity contribution is 0.0969. The molecule has 0 radical (unpaired) electrons. The summed E-state index contributed by atoms with van der Waals surface area (Å²) in [6.07, 6.45) is 3.98. The van der Waals surface area contributed by atoms with Gasteiger partial charge in [-0.15, -0.1) is 0 Å². The third kappa shape index (κ3) is 3.31. The first-order valence-electron chi connectivity index (χ1n) is 10.2. The Hall–Kier alpha value is -3.71. The minimum atomic E-state index is -0.750. The van der Waals surface area contributed by atoms with Crippen molar-refractivity contribution in [1.29, 1.82) is 0 Å². The molecule has 0 fully saturated rings. The maximum absolute atomic E-state index is 13.5. The number of carbonyl (C=O) groups is 1. The molecule has 1 aliphatic heterocycles. The summed E-state index contributed by atoms with van der Waals surface area (Å²) in [4.78, 5) is 36.8. The van der Waals surface area contributed by atoms with Crippen molar-refractivity contribution in [2.45, 2.75) is 19.4 Å². The van der Waals surface area contributed by atoms with E-state index in [1.54, 1.807) is 36.7 Å². The van der Waals surface area contributed by atoms with E-state index in [1.807, 2.05) is 31.2 Å². The Kier molecular flexibility index (Phi) is 5.11. The average molecular weight is 448 g/mol. The van der Waals surface area contributed by atoms with E-state index in [2.05, 4.69) is 9.97 Å². The molecule has 160 valence electrons. The summed E-state index contributed by atoms with van der Waals surface area (Å²) in [5.74, 6) is 0.395. The van der Waals surface area contributed by atoms with Crippen molar-refractivity contribution in [2.24, 2.45) is 0 Å². The first-order valence-corrected chi connectivity index (χ1v) is 10.6. The van der Waals surface area contributed by atoms with E-state index in [9.17, 15) is 9.59 Å². The molecule has 0 spiro atoms. The SMILES string of the molecule is CCCOc1ccc(C2c3c(oc4ccc(Cl)cc4c3=O)C(=O)N2c2ncccn2)cc1. The van der Waals surface area contributed by atoms with Gasteiger partial charge in [-0.05, 0) is 48.4 Å². The standard InChI is InChI=1S/C24H18ClN3O4/c1-2-12-31-16-7-4-14(5-8-16)20-19-21(29)17-13-15(25)6-9-18(17)32-22(19)23(30)28(20)24-26-10-3-11-27-24/h3-11,13,20H,2,12H2,1H3. The molecular formula is C24H18ClN3O4. The van der Waals surface area contributed by atoms with Crippen LogP contribution in [0.3, 0.4) is 0 Å². The molecule has 5 rings (SSSR count). The van der Waals surface area contributed by atoms with Gasteiger partial charge in [0.1, 0.15) is 11.3 Å². The maximum Gasteiger partial charge on any atom is 0.297 e. The molecule has 1 aliphatic rings. The van der Waals surface area contributed by atoms with Crippen molar-refractivity contribution in [2.75, 3.05) is 11.5 Å². The van der Waals surface area contributed by atoms with Gasteiger partial charge in [0.05, 0.1) is 23.6 Å². The number of hydrogen-bond acceptors (Lipinski definition) is 6. The Bertz CT molecular complexity index is 1370. The summed E-state index contributed by atoms with van der Waals surface area (Å²) < 4.78 is 11.6. The first kappa shape index (κ1) is 20.2. The predicted molar refractivity (Wildman–Crippen MR) is 120 cm³/mol. The van der Waals surface area contributed by atoms with Gasteiger partial charge in [-0.25, -0.2) is 9.97 Å². The Morgan fingerprint density at radius 3 is 2.56 bits per heavy atom. The van der Waals surface area contributed by atoms with Gasteiger partial charge in [0, 0.05) is 17.4 Å². The molecular weight excluding hydrogens is 430 g/mol. The molecule has 8 heteroatoms. The molecule has 0 saturated carbocycles. The van der Waals surface area contributed by atoms with Crippen molar-refractivity contribution in [3.8, 4) is 5.75 Å². The number of aromatic nitrogens is 2. The number of benzene rings is 2. The van der Waals surface area contributed by atoms with Gasteiger partial charge in [-0.1, -0.05) is 30.7 Å². The molecule has 0 bridgehead atoms. The van der Waals surface area contributed by atoms with E-state index >= 15 is 0 Å². The van der Waals surface area contributed by atoms with Gasteiger partial charge >= 0.3 is 0 Å². The third-order valence-corrected chi connectivity index (χ3v) is 5.50. The Labute approximate surface area is 188 Å². The Morgan fingerprint density at radius 1 is 1.09 bits per heavy atom. The van der Waals surface area contributed by atoms with Crippen molar-refractivity contribution in [1.82, 2.24) is 9.97 Å². The molecule has 4 aromatic rings. The summed E-state index contributed by atoms with van der Waals surface area (Å²) in [6.45, 7) is 2.63. The maximum atomic E-state index is 13.5. The zero-order valence-electron chi connectivity index (χ0n) is 17.1. The lowest BCUT2D eigenvalue weighted by Gasteiger charge is -2.23. The molecule has 1 amide bonds. The molecule has 32 heavy (non-hydrogen) atoms. The van der Waals surface area contributed by atoms with Crippen LogP contribution < -0.4 is 15.1 Å². The highest BCUT2D eigenvalue weighted by Gasteiger charge is 2.44. The van der Waals surface area contributed by atoms with Crippen LogP contribution in [0.5, 0.6) is 5.75 Å². The minimum absolute atomic E-state index is 0.0198. The van der Waals surface area contributed by atoms with E-state index in [0.717, 1.165) is 6.42 Å². The zero-order chi connectivity index (χ0) is 22.2. The quantitative estimate of drug-likeness (QED) is 0.438. The lowest BCUT2D eigenvalue weighted by Crippen LogP contribution is -2.31. The van der Waals surface area contributed by atoms with Gasteiger partial charge < -0.3 is 9.15 Å². The van der Waals surface area contributed by atoms with Crippen molar-refractivity contribution < 1.29 is 13.9 Å². The smallest absolute Gasteiger partial charge is 0.297 e. The average Bonchev–Trinajstić information content (AvgIpc) is 3.11. The van der Waals surface area contributed by atoms with Crippen LogP contribution in [0.1, 0.15) is 41.1 Å². The van der Waals surface area contributed by atoms with Gasteiger partial charge in [-0.3, -0.25) is 14.5 Å². The summed E-state index contributed by atoms with van der Waals surface area (Å²) in [5, 5.41) is 0.721. The summed E-state index contributed by atoms with van der Waals surface area (Å²) in [6, 6.07) is 12.9. The number of nitrogens with zero attached hydrogens (tertiary/aromatic N) is 3. The van der Waals surface area contributed by atoms with Gasteiger partial charge in [0.15, 0.2) is 5.43 Å². The highest BCUT2D eigenvalue weighted by Crippen LogP contribution is 2.40. The topological polar surface area (TPSA) is 85.5 Å². The van der Waals surface area contributed by atoms with E-state index in [1.165, 1.54) is 4.90 Å². The van der Waals surface area contributed by atoms with Crippen LogP contribution in [0.15, 0.2) is 70.1 Å². The highest BCUT2D eigenvalue weighted by atomic mass is 35.5. The fourth-order valence-electron chi connectivity index (χ4n) is 3.85. The molecule has 0 aliphatic carbocycles. The Morgan fingerprint density at radius 2 is 1.84 bits per heavy atom. The molecule has 0 saturated heterocycles. The van der Waals surface area contributed by atoms with Crippen molar-refractivity contribution in [3.63, 3.8) is 0 Å². The fraction of sp³-hybridized carbons (Fsp3) is 0.167. The Balaban J connectivity index is 1.72. The van der Waals surface area contributed by atoms with E-state index < -0.39 is 11.9 Å². The normalized spacial score (nSPS) is 15.2. The van der Waals surface area contributed by atoms with Crippen molar-refractivity contribution in [3.05, 3.63) is 93.1 Å². The van der Waals surface area contributed by atoms with E-state index in [4.69, 9.17) is 20.8 Å². The zero-order valence-corrected chi connectivity index (χ0v) is 17.9. The van der Waals surface area contributed by atoms with Crippen molar-refractivity contribution >= 4 is 34.4 Å². The second-order valence-electron chi connectivity index (χ2n) is 7.36. The highest BCUT2D eigenvalue weighted by molar-refractivity contribution is 6.31. The molecule has 1 unspecified atom stereocenters.